The minimum atomic E-state index is 1.20. The van der Waals surface area contributed by atoms with Crippen molar-refractivity contribution in [2.24, 2.45) is 0 Å². The predicted molar refractivity (Wildman–Crippen MR) is 59.3 cm³/mol. The van der Waals surface area contributed by atoms with Crippen molar-refractivity contribution >= 4 is 0 Å². The van der Waals surface area contributed by atoms with Crippen molar-refractivity contribution in [3.63, 3.8) is 0 Å². The average molecular weight is 173 g/mol. The van der Waals surface area contributed by atoms with E-state index in [0.29, 0.717) is 0 Å². The van der Waals surface area contributed by atoms with E-state index in [2.05, 4.69) is 48.6 Å². The van der Waals surface area contributed by atoms with Crippen LogP contribution in [-0.4, -0.2) is 0 Å². The molecule has 13 heavy (non-hydrogen) atoms. The van der Waals surface area contributed by atoms with Crippen LogP contribution in [0.5, 0.6) is 0 Å². The zero-order valence-electron chi connectivity index (χ0n) is 8.02. The van der Waals surface area contributed by atoms with Crippen molar-refractivity contribution in [2.45, 2.75) is 25.7 Å². The highest BCUT2D eigenvalue weighted by atomic mass is 13.9. The molecule has 0 aromatic carbocycles. The van der Waals surface area contributed by atoms with Gasteiger partial charge < -0.3 is 0 Å². The third-order valence-corrected chi connectivity index (χ3v) is 1.93. The van der Waals surface area contributed by atoms with E-state index < -0.39 is 0 Å². The molecule has 0 fully saturated rings. The lowest BCUT2D eigenvalue weighted by atomic mass is 10.2. The molecule has 0 aromatic heterocycles. The SMILES string of the molecule is [CH]1/C=C/C=C\CCCC/C=C/C=C/1. The highest BCUT2D eigenvalue weighted by Crippen LogP contribution is 2.02. The first-order chi connectivity index (χ1) is 6.50. The maximum atomic E-state index is 2.23. The minimum absolute atomic E-state index is 1.20. The summed E-state index contributed by atoms with van der Waals surface area (Å²) in [4.78, 5) is 0. The Morgan fingerprint density at radius 2 is 1.08 bits per heavy atom. The Balaban J connectivity index is 2.38. The lowest BCUT2D eigenvalue weighted by Gasteiger charge is -1.91. The van der Waals surface area contributed by atoms with Crippen LogP contribution in [0.25, 0.3) is 0 Å². The van der Waals surface area contributed by atoms with Crippen LogP contribution in [0.2, 0.25) is 0 Å². The fraction of sp³-hybridized carbons (Fsp3) is 0.308. The van der Waals surface area contributed by atoms with Crippen molar-refractivity contribution in [3.05, 3.63) is 55.0 Å². The number of hydrogen-bond acceptors (Lipinski definition) is 0. The second-order valence-electron chi connectivity index (χ2n) is 3.10. The zero-order chi connectivity index (χ0) is 9.19. The van der Waals surface area contributed by atoms with Crippen LogP contribution < -0.4 is 0 Å². The molecule has 0 amide bonds. The normalized spacial score (nSPS) is 28.9. The van der Waals surface area contributed by atoms with Gasteiger partial charge in [-0.3, -0.25) is 0 Å². The summed E-state index contributed by atoms with van der Waals surface area (Å²) in [7, 11) is 0. The molecule has 1 rings (SSSR count). The van der Waals surface area contributed by atoms with Crippen LogP contribution >= 0.6 is 0 Å². The van der Waals surface area contributed by atoms with Crippen LogP contribution in [0.15, 0.2) is 48.6 Å². The first-order valence-corrected chi connectivity index (χ1v) is 4.98. The maximum absolute atomic E-state index is 2.23. The molecule has 0 nitrogen and oxygen atoms in total. The van der Waals surface area contributed by atoms with Crippen LogP contribution in [0.1, 0.15) is 25.7 Å². The summed E-state index contributed by atoms with van der Waals surface area (Å²) in [6.07, 6.45) is 24.0. The lowest BCUT2D eigenvalue weighted by Crippen LogP contribution is -1.71. The van der Waals surface area contributed by atoms with Gasteiger partial charge in [0.1, 0.15) is 0 Å². The van der Waals surface area contributed by atoms with Gasteiger partial charge in [0.25, 0.3) is 0 Å². The molecule has 0 saturated carbocycles. The van der Waals surface area contributed by atoms with E-state index in [4.69, 9.17) is 0 Å². The molecular weight excluding hydrogens is 156 g/mol. The Labute approximate surface area is 81.4 Å². The van der Waals surface area contributed by atoms with Crippen molar-refractivity contribution in [1.29, 1.82) is 0 Å². The van der Waals surface area contributed by atoms with E-state index in [1.165, 1.54) is 25.7 Å². The number of hydrogen-bond donors (Lipinski definition) is 0. The smallest absolute Gasteiger partial charge is 0.00506 e. The van der Waals surface area contributed by atoms with E-state index >= 15 is 0 Å². The van der Waals surface area contributed by atoms with Gasteiger partial charge in [-0.2, -0.15) is 0 Å². The van der Waals surface area contributed by atoms with Gasteiger partial charge in [-0.15, -0.1) is 0 Å². The fourth-order valence-corrected chi connectivity index (χ4v) is 1.19. The van der Waals surface area contributed by atoms with Crippen molar-refractivity contribution < 1.29 is 0 Å². The predicted octanol–water partition coefficient (Wildman–Crippen LogP) is 3.99. The third kappa shape index (κ3) is 6.15. The van der Waals surface area contributed by atoms with E-state index in [9.17, 15) is 0 Å². The van der Waals surface area contributed by atoms with Crippen molar-refractivity contribution in [1.82, 2.24) is 0 Å². The first-order valence-electron chi connectivity index (χ1n) is 4.98. The fourth-order valence-electron chi connectivity index (χ4n) is 1.19. The van der Waals surface area contributed by atoms with Gasteiger partial charge in [0.2, 0.25) is 0 Å². The minimum Gasteiger partial charge on any atom is -0.0845 e. The van der Waals surface area contributed by atoms with E-state index in [1.54, 1.807) is 0 Å². The summed E-state index contributed by atoms with van der Waals surface area (Å²) in [6.45, 7) is 0. The molecule has 0 bridgehead atoms. The number of allylic oxidation sites excluding steroid dienone is 8. The summed E-state index contributed by atoms with van der Waals surface area (Å²) in [5.74, 6) is 0. The Kier molecular flexibility index (Phi) is 5.87. The summed E-state index contributed by atoms with van der Waals surface area (Å²) >= 11 is 0. The Hall–Kier alpha value is -1.04. The monoisotopic (exact) mass is 173 g/mol. The lowest BCUT2D eigenvalue weighted by molar-refractivity contribution is 0.762. The molecule has 1 aliphatic rings. The van der Waals surface area contributed by atoms with E-state index in [1.807, 2.05) is 6.42 Å². The Morgan fingerprint density at radius 3 is 1.62 bits per heavy atom. The Bertz CT molecular complexity index is 192. The second-order valence-corrected chi connectivity index (χ2v) is 3.10. The van der Waals surface area contributed by atoms with Gasteiger partial charge in [0.15, 0.2) is 0 Å². The van der Waals surface area contributed by atoms with Gasteiger partial charge in [-0.05, 0) is 25.7 Å². The topological polar surface area (TPSA) is 0 Å². The third-order valence-electron chi connectivity index (χ3n) is 1.93. The maximum Gasteiger partial charge on any atom is 0.00506 e. The average Bonchev–Trinajstić information content (AvgIpc) is 2.18. The zero-order valence-corrected chi connectivity index (χ0v) is 8.02. The van der Waals surface area contributed by atoms with E-state index in [-0.39, 0.29) is 0 Å². The molecule has 0 heteroatoms. The molecule has 0 aromatic rings. The standard InChI is InChI=1S/C13H17/c1-2-4-6-8-10-12-13-11-9-7-5-3-1/h1-9H,10-13H2/b4-2+,5-3+,8-6-,9-7+. The Morgan fingerprint density at radius 1 is 0.538 bits per heavy atom. The van der Waals surface area contributed by atoms with Crippen molar-refractivity contribution in [2.75, 3.05) is 0 Å². The quantitative estimate of drug-likeness (QED) is 0.519. The molecule has 0 N–H and O–H groups in total. The first kappa shape index (κ1) is 10.0. The second kappa shape index (κ2) is 7.60. The molecule has 1 aliphatic carbocycles. The van der Waals surface area contributed by atoms with Crippen molar-refractivity contribution in [3.8, 4) is 0 Å². The van der Waals surface area contributed by atoms with Gasteiger partial charge in [-0.1, -0.05) is 48.6 Å². The summed E-state index contributed by atoms with van der Waals surface area (Å²) in [5, 5.41) is 0. The van der Waals surface area contributed by atoms with E-state index in [0.717, 1.165) is 0 Å². The molecule has 1 radical (unpaired) electrons. The van der Waals surface area contributed by atoms with Gasteiger partial charge >= 0.3 is 0 Å². The van der Waals surface area contributed by atoms with Crippen LogP contribution in [0, 0.1) is 6.42 Å². The number of rotatable bonds is 0. The summed E-state index contributed by atoms with van der Waals surface area (Å²) in [6, 6.07) is 0. The summed E-state index contributed by atoms with van der Waals surface area (Å²) < 4.78 is 0. The molecule has 0 unspecified atom stereocenters. The molecule has 0 heterocycles. The molecule has 69 valence electrons. The van der Waals surface area contributed by atoms with Crippen LogP contribution in [0.4, 0.5) is 0 Å². The van der Waals surface area contributed by atoms with Gasteiger partial charge in [0, 0.05) is 6.42 Å². The van der Waals surface area contributed by atoms with Gasteiger partial charge in [-0.25, -0.2) is 0 Å². The molecule has 0 spiro atoms. The summed E-state index contributed by atoms with van der Waals surface area (Å²) in [5.41, 5.74) is 0. The van der Waals surface area contributed by atoms with Crippen LogP contribution in [-0.2, 0) is 0 Å². The largest absolute Gasteiger partial charge is 0.0845 e. The highest BCUT2D eigenvalue weighted by molar-refractivity contribution is 5.17. The molecule has 0 aliphatic heterocycles. The molecule has 0 atom stereocenters. The molecule has 0 saturated heterocycles. The van der Waals surface area contributed by atoms with Gasteiger partial charge in [0.05, 0.1) is 0 Å². The molecular formula is C13H17. The highest BCUT2D eigenvalue weighted by Gasteiger charge is 1.82. The van der Waals surface area contributed by atoms with Crippen LogP contribution in [0.3, 0.4) is 0 Å².